The summed E-state index contributed by atoms with van der Waals surface area (Å²) in [5, 5.41) is 9.96. The number of carboxylic acid groups (broad SMARTS) is 1. The summed E-state index contributed by atoms with van der Waals surface area (Å²) in [6.45, 7) is 5.25. The minimum Gasteiger partial charge on any atom is -0.477 e. The number of aryl methyl sites for hydroxylation is 1. The lowest BCUT2D eigenvalue weighted by molar-refractivity contribution is 0.0695. The highest BCUT2D eigenvalue weighted by Crippen LogP contribution is 2.39. The number of hydrogen-bond donors (Lipinski definition) is 1. The van der Waals surface area contributed by atoms with Gasteiger partial charge in [-0.15, -0.1) is 0 Å². The Bertz CT molecular complexity index is 1340. The summed E-state index contributed by atoms with van der Waals surface area (Å²) in [6.07, 6.45) is 6.35. The van der Waals surface area contributed by atoms with Gasteiger partial charge in [0, 0.05) is 43.5 Å². The van der Waals surface area contributed by atoms with Crippen LogP contribution < -0.4 is 15.2 Å². The van der Waals surface area contributed by atoms with Gasteiger partial charge < -0.3 is 19.5 Å². The Morgan fingerprint density at radius 1 is 1.27 bits per heavy atom. The van der Waals surface area contributed by atoms with Gasteiger partial charge in [-0.2, -0.15) is 0 Å². The van der Waals surface area contributed by atoms with Crippen molar-refractivity contribution < 1.29 is 14.3 Å². The summed E-state index contributed by atoms with van der Waals surface area (Å²) in [5.41, 5.74) is 0.211. The number of piperazine rings is 1. The Hall–Kier alpha value is -3.20. The number of aromatic carboxylic acids is 1. The van der Waals surface area contributed by atoms with Crippen LogP contribution in [0.2, 0.25) is 5.15 Å². The van der Waals surface area contributed by atoms with E-state index < -0.39 is 17.2 Å². The van der Waals surface area contributed by atoms with Crippen molar-refractivity contribution in [1.82, 2.24) is 14.5 Å². The molecule has 0 spiro atoms. The van der Waals surface area contributed by atoms with Gasteiger partial charge in [0.2, 0.25) is 5.43 Å². The van der Waals surface area contributed by atoms with E-state index in [1.807, 2.05) is 16.4 Å². The molecule has 0 bridgehead atoms. The molecule has 2 aliphatic rings. The molecule has 0 radical (unpaired) electrons. The van der Waals surface area contributed by atoms with Crippen LogP contribution in [0.4, 0.5) is 15.9 Å². The van der Waals surface area contributed by atoms with E-state index in [-0.39, 0.29) is 28.6 Å². The zero-order valence-electron chi connectivity index (χ0n) is 18.3. The average Bonchev–Trinajstić information content (AvgIpc) is 3.61. The fourth-order valence-electron chi connectivity index (χ4n) is 4.68. The zero-order chi connectivity index (χ0) is 23.4. The van der Waals surface area contributed by atoms with Crippen molar-refractivity contribution in [3.63, 3.8) is 0 Å². The molecule has 1 saturated carbocycles. The fraction of sp³-hybridized carbons (Fsp3) is 0.391. The molecule has 1 saturated heterocycles. The molecule has 2 aromatic heterocycles. The third-order valence-corrected chi connectivity index (χ3v) is 6.68. The van der Waals surface area contributed by atoms with Gasteiger partial charge in [-0.1, -0.05) is 11.6 Å². The van der Waals surface area contributed by atoms with Gasteiger partial charge in [-0.3, -0.25) is 9.78 Å². The highest BCUT2D eigenvalue weighted by atomic mass is 35.5. The largest absolute Gasteiger partial charge is 0.477 e. The van der Waals surface area contributed by atoms with Crippen molar-refractivity contribution in [3.8, 4) is 0 Å². The van der Waals surface area contributed by atoms with Crippen molar-refractivity contribution >= 4 is 40.0 Å². The number of pyridine rings is 1. The fourth-order valence-corrected chi connectivity index (χ4v) is 4.82. The van der Waals surface area contributed by atoms with Crippen molar-refractivity contribution in [2.45, 2.75) is 38.8 Å². The zero-order valence-corrected chi connectivity index (χ0v) is 19.0. The van der Waals surface area contributed by atoms with E-state index in [0.29, 0.717) is 41.8 Å². The van der Waals surface area contributed by atoms with Crippen LogP contribution in [0, 0.1) is 12.7 Å². The molecule has 1 aliphatic carbocycles. The predicted octanol–water partition coefficient (Wildman–Crippen LogP) is 3.64. The van der Waals surface area contributed by atoms with Crippen molar-refractivity contribution in [2.24, 2.45) is 0 Å². The summed E-state index contributed by atoms with van der Waals surface area (Å²) < 4.78 is 17.4. The number of carboxylic acids is 1. The quantitative estimate of drug-likeness (QED) is 0.621. The van der Waals surface area contributed by atoms with Gasteiger partial charge in [-0.25, -0.2) is 14.2 Å². The Morgan fingerprint density at radius 3 is 2.67 bits per heavy atom. The normalized spacial score (nSPS) is 18.7. The SMILES string of the molecule is Cc1c(F)c(N2CCN(c3cncc(Cl)n3)C(C)C2)cc2c1c(=O)c(C(=O)O)cn2C1CC1. The maximum atomic E-state index is 15.6. The van der Waals surface area contributed by atoms with E-state index in [0.717, 1.165) is 12.8 Å². The highest BCUT2D eigenvalue weighted by Gasteiger charge is 2.31. The highest BCUT2D eigenvalue weighted by molar-refractivity contribution is 6.29. The van der Waals surface area contributed by atoms with Gasteiger partial charge in [0.25, 0.3) is 0 Å². The van der Waals surface area contributed by atoms with Gasteiger partial charge in [-0.05, 0) is 32.8 Å². The molecule has 1 N–H and O–H groups in total. The maximum absolute atomic E-state index is 15.6. The number of aromatic nitrogens is 3. The summed E-state index contributed by atoms with van der Waals surface area (Å²) in [7, 11) is 0. The van der Waals surface area contributed by atoms with Gasteiger partial charge >= 0.3 is 5.97 Å². The standard InChI is InChI=1S/C23H23ClFN5O3/c1-12-10-28(5-6-29(12)19-9-26-8-18(24)27-19)17-7-16-20(13(2)21(17)25)22(31)15(23(32)33)11-30(16)14-3-4-14/h7-9,11-12,14H,3-6,10H2,1-2H3,(H,32,33). The lowest BCUT2D eigenvalue weighted by Gasteiger charge is -2.41. The number of benzene rings is 1. The van der Waals surface area contributed by atoms with Crippen molar-refractivity contribution in [2.75, 3.05) is 29.4 Å². The van der Waals surface area contributed by atoms with Crippen LogP contribution in [0.15, 0.2) is 29.5 Å². The lowest BCUT2D eigenvalue weighted by Crippen LogP contribution is -2.52. The Morgan fingerprint density at radius 2 is 2.03 bits per heavy atom. The van der Waals surface area contributed by atoms with Gasteiger partial charge in [0.1, 0.15) is 22.4 Å². The molecule has 33 heavy (non-hydrogen) atoms. The molecule has 1 aromatic carbocycles. The second-order valence-electron chi connectivity index (χ2n) is 8.73. The summed E-state index contributed by atoms with van der Waals surface area (Å²) in [4.78, 5) is 37.0. The number of carbonyl (C=O) groups is 1. The third-order valence-electron chi connectivity index (χ3n) is 6.50. The van der Waals surface area contributed by atoms with Crippen molar-refractivity contribution in [1.29, 1.82) is 0 Å². The second kappa shape index (κ2) is 7.98. The van der Waals surface area contributed by atoms with Crippen LogP contribution in [0.1, 0.15) is 41.7 Å². The van der Waals surface area contributed by atoms with Crippen LogP contribution in [0.5, 0.6) is 0 Å². The summed E-state index contributed by atoms with van der Waals surface area (Å²) in [5.74, 6) is -1.12. The second-order valence-corrected chi connectivity index (χ2v) is 9.12. The minimum absolute atomic E-state index is 0.0157. The molecular weight excluding hydrogens is 449 g/mol. The molecule has 1 unspecified atom stereocenters. The molecule has 1 atom stereocenters. The molecule has 3 heterocycles. The van der Waals surface area contributed by atoms with Crippen LogP contribution in [0.25, 0.3) is 10.9 Å². The Labute approximate surface area is 194 Å². The number of anilines is 2. The number of fused-ring (bicyclic) bond motifs is 1. The molecule has 3 aromatic rings. The average molecular weight is 472 g/mol. The molecule has 5 rings (SSSR count). The molecule has 10 heteroatoms. The van der Waals surface area contributed by atoms with Crippen molar-refractivity contribution in [3.05, 3.63) is 57.0 Å². The molecule has 8 nitrogen and oxygen atoms in total. The number of rotatable bonds is 4. The minimum atomic E-state index is -1.30. The monoisotopic (exact) mass is 471 g/mol. The number of halogens is 2. The van der Waals surface area contributed by atoms with Crippen LogP contribution >= 0.6 is 11.6 Å². The van der Waals surface area contributed by atoms with Crippen LogP contribution in [-0.2, 0) is 0 Å². The van der Waals surface area contributed by atoms with Crippen LogP contribution in [-0.4, -0.2) is 51.3 Å². The van der Waals surface area contributed by atoms with E-state index in [4.69, 9.17) is 11.6 Å². The molecule has 0 amide bonds. The number of hydrogen-bond acceptors (Lipinski definition) is 6. The first-order chi connectivity index (χ1) is 15.8. The molecule has 172 valence electrons. The predicted molar refractivity (Wildman–Crippen MR) is 124 cm³/mol. The topological polar surface area (TPSA) is 91.6 Å². The first-order valence-corrected chi connectivity index (χ1v) is 11.2. The van der Waals surface area contributed by atoms with Gasteiger partial charge in [0.15, 0.2) is 0 Å². The van der Waals surface area contributed by atoms with E-state index >= 15 is 4.39 Å². The Balaban J connectivity index is 1.56. The van der Waals surface area contributed by atoms with E-state index in [2.05, 4.69) is 14.9 Å². The molecule has 1 aliphatic heterocycles. The van der Waals surface area contributed by atoms with E-state index in [1.165, 1.54) is 12.4 Å². The smallest absolute Gasteiger partial charge is 0.341 e. The summed E-state index contributed by atoms with van der Waals surface area (Å²) >= 11 is 5.99. The van der Waals surface area contributed by atoms with E-state index in [1.54, 1.807) is 19.2 Å². The summed E-state index contributed by atoms with van der Waals surface area (Å²) in [6, 6.07) is 1.84. The molecular formula is C23H23ClFN5O3. The Kier molecular flexibility index (Phi) is 5.23. The number of nitrogens with zero attached hydrogens (tertiary/aromatic N) is 5. The molecule has 2 fully saturated rings. The first kappa shape index (κ1) is 21.6. The maximum Gasteiger partial charge on any atom is 0.341 e. The van der Waals surface area contributed by atoms with Crippen LogP contribution in [0.3, 0.4) is 0 Å². The van der Waals surface area contributed by atoms with Gasteiger partial charge in [0.05, 0.1) is 29.0 Å². The lowest BCUT2D eigenvalue weighted by atomic mass is 10.0. The third kappa shape index (κ3) is 3.70. The first-order valence-electron chi connectivity index (χ1n) is 10.9. The van der Waals surface area contributed by atoms with E-state index in [9.17, 15) is 14.7 Å².